The molecule has 3 nitrogen and oxygen atoms in total. The number of cyclic esters (lactones) is 1. The van der Waals surface area contributed by atoms with Crippen molar-refractivity contribution in [1.82, 2.24) is 4.90 Å². The van der Waals surface area contributed by atoms with E-state index in [1.807, 2.05) is 0 Å². The van der Waals surface area contributed by atoms with Crippen molar-refractivity contribution >= 4 is 6.09 Å². The Morgan fingerprint density at radius 3 is 3.06 bits per heavy atom. The average Bonchev–Trinajstić information content (AvgIpc) is 2.56. The van der Waals surface area contributed by atoms with Crippen molar-refractivity contribution in [3.05, 3.63) is 35.5 Å². The Kier molecular flexibility index (Phi) is 3.44. The summed E-state index contributed by atoms with van der Waals surface area (Å²) in [6, 6.07) is 0. The third kappa shape index (κ3) is 2.54. The molecule has 1 aliphatic carbocycles. The topological polar surface area (TPSA) is 29.5 Å². The van der Waals surface area contributed by atoms with E-state index in [9.17, 15) is 4.79 Å². The van der Waals surface area contributed by atoms with E-state index in [0.717, 1.165) is 12.8 Å². The molecule has 2 aliphatic rings. The third-order valence-electron chi connectivity index (χ3n) is 2.94. The van der Waals surface area contributed by atoms with Crippen LogP contribution in [0.1, 0.15) is 19.8 Å². The lowest BCUT2D eigenvalue weighted by molar-refractivity contribution is 0.160. The van der Waals surface area contributed by atoms with Crippen molar-refractivity contribution < 1.29 is 9.53 Å². The summed E-state index contributed by atoms with van der Waals surface area (Å²) < 4.78 is 4.90. The summed E-state index contributed by atoms with van der Waals surface area (Å²) in [6.07, 6.45) is 10.4. The highest BCUT2D eigenvalue weighted by Crippen LogP contribution is 2.16. The van der Waals surface area contributed by atoms with Crippen LogP contribution in [-0.2, 0) is 4.74 Å². The molecule has 0 spiro atoms. The van der Waals surface area contributed by atoms with Gasteiger partial charge in [-0.2, -0.15) is 0 Å². The van der Waals surface area contributed by atoms with Crippen LogP contribution in [0.2, 0.25) is 0 Å². The van der Waals surface area contributed by atoms with E-state index in [0.29, 0.717) is 19.7 Å². The molecule has 1 fully saturated rings. The number of carbonyl (C=O) groups excluding carboxylic acids is 1. The maximum absolute atomic E-state index is 11.3. The lowest BCUT2D eigenvalue weighted by Crippen LogP contribution is -2.26. The first-order valence-corrected chi connectivity index (χ1v) is 5.76. The molecule has 3 heteroatoms. The van der Waals surface area contributed by atoms with Crippen LogP contribution in [0.4, 0.5) is 4.79 Å². The highest BCUT2D eigenvalue weighted by molar-refractivity contribution is 5.69. The second-order valence-electron chi connectivity index (χ2n) is 4.06. The first-order chi connectivity index (χ1) is 7.79. The first-order valence-electron chi connectivity index (χ1n) is 5.76. The van der Waals surface area contributed by atoms with Gasteiger partial charge in [0.25, 0.3) is 0 Å². The molecule has 1 amide bonds. The van der Waals surface area contributed by atoms with Crippen LogP contribution in [0.3, 0.4) is 0 Å². The quantitative estimate of drug-likeness (QED) is 0.730. The van der Waals surface area contributed by atoms with Gasteiger partial charge in [-0.25, -0.2) is 4.79 Å². The molecule has 1 aliphatic heterocycles. The summed E-state index contributed by atoms with van der Waals surface area (Å²) in [5.41, 5.74) is 2.62. The molecular weight excluding hydrogens is 202 g/mol. The Morgan fingerprint density at radius 2 is 2.38 bits per heavy atom. The fraction of sp³-hybridized carbons (Fsp3) is 0.462. The van der Waals surface area contributed by atoms with Crippen LogP contribution in [0.5, 0.6) is 0 Å². The number of allylic oxidation sites excluding steroid dienone is 4. The number of hydrogen-bond acceptors (Lipinski definition) is 2. The molecule has 86 valence electrons. The third-order valence-corrected chi connectivity index (χ3v) is 2.94. The fourth-order valence-electron chi connectivity index (χ4n) is 1.88. The standard InChI is InChI=1S/C13H17NO2/c1-2-11-4-3-5-12(7-6-11)10-14-8-9-16-13(14)15/h3-5,7H,2,6,8-10H2,1H3. The number of ether oxygens (including phenoxy) is 1. The van der Waals surface area contributed by atoms with Gasteiger partial charge in [-0.15, -0.1) is 0 Å². The van der Waals surface area contributed by atoms with Crippen molar-refractivity contribution in [2.45, 2.75) is 19.8 Å². The van der Waals surface area contributed by atoms with Crippen molar-refractivity contribution in [1.29, 1.82) is 0 Å². The number of rotatable bonds is 3. The van der Waals surface area contributed by atoms with E-state index in [1.54, 1.807) is 4.90 Å². The smallest absolute Gasteiger partial charge is 0.410 e. The average molecular weight is 219 g/mol. The van der Waals surface area contributed by atoms with Crippen LogP contribution in [0, 0.1) is 0 Å². The lowest BCUT2D eigenvalue weighted by atomic mass is 10.1. The largest absolute Gasteiger partial charge is 0.448 e. The molecule has 2 rings (SSSR count). The highest BCUT2D eigenvalue weighted by Gasteiger charge is 2.21. The number of carbonyl (C=O) groups is 1. The Labute approximate surface area is 96.1 Å². The van der Waals surface area contributed by atoms with E-state index < -0.39 is 0 Å². The number of nitrogens with zero attached hydrogens (tertiary/aromatic N) is 1. The monoisotopic (exact) mass is 219 g/mol. The molecule has 0 N–H and O–H groups in total. The molecule has 0 bridgehead atoms. The van der Waals surface area contributed by atoms with E-state index in [-0.39, 0.29) is 6.09 Å². The maximum Gasteiger partial charge on any atom is 0.410 e. The van der Waals surface area contributed by atoms with Crippen molar-refractivity contribution in [3.63, 3.8) is 0 Å². The normalized spacial score (nSPS) is 20.3. The van der Waals surface area contributed by atoms with Gasteiger partial charge in [0.05, 0.1) is 6.54 Å². The lowest BCUT2D eigenvalue weighted by Gasteiger charge is -2.12. The molecule has 0 radical (unpaired) electrons. The molecule has 0 aromatic rings. The van der Waals surface area contributed by atoms with Gasteiger partial charge in [-0.1, -0.05) is 36.8 Å². The van der Waals surface area contributed by atoms with Gasteiger partial charge in [0, 0.05) is 6.54 Å². The van der Waals surface area contributed by atoms with Gasteiger partial charge < -0.3 is 9.64 Å². The summed E-state index contributed by atoms with van der Waals surface area (Å²) in [7, 11) is 0. The summed E-state index contributed by atoms with van der Waals surface area (Å²) in [5, 5.41) is 0. The Bertz CT molecular complexity index is 366. The minimum Gasteiger partial charge on any atom is -0.448 e. The van der Waals surface area contributed by atoms with Crippen molar-refractivity contribution in [3.8, 4) is 0 Å². The first kappa shape index (κ1) is 11.0. The molecule has 0 aromatic carbocycles. The second kappa shape index (κ2) is 5.01. The minimum absolute atomic E-state index is 0.192. The van der Waals surface area contributed by atoms with E-state index in [4.69, 9.17) is 4.74 Å². The molecule has 0 unspecified atom stereocenters. The van der Waals surface area contributed by atoms with Gasteiger partial charge in [-0.05, 0) is 18.4 Å². The zero-order chi connectivity index (χ0) is 11.4. The minimum atomic E-state index is -0.192. The van der Waals surface area contributed by atoms with Gasteiger partial charge in [0.2, 0.25) is 0 Å². The molecule has 1 heterocycles. The maximum atomic E-state index is 11.3. The van der Waals surface area contributed by atoms with Gasteiger partial charge in [0.1, 0.15) is 6.61 Å². The summed E-state index contributed by atoms with van der Waals surface area (Å²) in [6.45, 7) is 4.06. The summed E-state index contributed by atoms with van der Waals surface area (Å²) in [5.74, 6) is 0. The van der Waals surface area contributed by atoms with E-state index in [1.165, 1.54) is 11.1 Å². The SMILES string of the molecule is CCC1=CC=CC(CN2CCOC2=O)=CC1. The fourth-order valence-corrected chi connectivity index (χ4v) is 1.88. The zero-order valence-corrected chi connectivity index (χ0v) is 9.61. The van der Waals surface area contributed by atoms with E-state index >= 15 is 0 Å². The van der Waals surface area contributed by atoms with Crippen molar-refractivity contribution in [2.24, 2.45) is 0 Å². The molecule has 0 aromatic heterocycles. The molecule has 1 saturated heterocycles. The Balaban J connectivity index is 1.96. The Morgan fingerprint density at radius 1 is 1.50 bits per heavy atom. The molecular formula is C13H17NO2. The number of amides is 1. The summed E-state index contributed by atoms with van der Waals surface area (Å²) >= 11 is 0. The van der Waals surface area contributed by atoms with Crippen LogP contribution < -0.4 is 0 Å². The van der Waals surface area contributed by atoms with Gasteiger partial charge in [0.15, 0.2) is 0 Å². The summed E-state index contributed by atoms with van der Waals surface area (Å²) in [4.78, 5) is 13.0. The van der Waals surface area contributed by atoms with E-state index in [2.05, 4.69) is 31.2 Å². The van der Waals surface area contributed by atoms with Gasteiger partial charge in [-0.3, -0.25) is 0 Å². The molecule has 16 heavy (non-hydrogen) atoms. The van der Waals surface area contributed by atoms with Crippen LogP contribution in [0.15, 0.2) is 35.5 Å². The second-order valence-corrected chi connectivity index (χ2v) is 4.06. The Hall–Kier alpha value is -1.51. The molecule has 0 saturated carbocycles. The van der Waals surface area contributed by atoms with Crippen molar-refractivity contribution in [2.75, 3.05) is 19.7 Å². The van der Waals surface area contributed by atoms with Gasteiger partial charge >= 0.3 is 6.09 Å². The predicted octanol–water partition coefficient (Wildman–Crippen LogP) is 2.66. The van der Waals surface area contributed by atoms with Crippen LogP contribution in [-0.4, -0.2) is 30.7 Å². The van der Waals surface area contributed by atoms with Crippen LogP contribution in [0.25, 0.3) is 0 Å². The predicted molar refractivity (Wildman–Crippen MR) is 63.1 cm³/mol. The number of hydrogen-bond donors (Lipinski definition) is 0. The highest BCUT2D eigenvalue weighted by atomic mass is 16.6. The molecule has 0 atom stereocenters. The van der Waals surface area contributed by atoms with Crippen LogP contribution >= 0.6 is 0 Å². The zero-order valence-electron chi connectivity index (χ0n) is 9.61.